The van der Waals surface area contributed by atoms with E-state index in [9.17, 15) is 4.79 Å². The van der Waals surface area contributed by atoms with E-state index in [1.54, 1.807) is 25.2 Å². The van der Waals surface area contributed by atoms with E-state index in [2.05, 4.69) is 15.2 Å². The lowest BCUT2D eigenvalue weighted by molar-refractivity contribution is 0.867. The number of aromatic amines is 1. The molecular weight excluding hydrogens is 228 g/mol. The van der Waals surface area contributed by atoms with Crippen molar-refractivity contribution in [3.05, 3.63) is 33.7 Å². The van der Waals surface area contributed by atoms with Crippen LogP contribution in [0.4, 0.5) is 0 Å². The van der Waals surface area contributed by atoms with Gasteiger partial charge < -0.3 is 4.98 Å². The molecule has 0 saturated carbocycles. The van der Waals surface area contributed by atoms with Gasteiger partial charge in [-0.05, 0) is 18.2 Å². The monoisotopic (exact) mass is 234 g/mol. The highest BCUT2D eigenvalue weighted by Crippen LogP contribution is 2.22. The van der Waals surface area contributed by atoms with E-state index in [0.29, 0.717) is 21.7 Å². The summed E-state index contributed by atoms with van der Waals surface area (Å²) in [5, 5.41) is 9.44. The van der Waals surface area contributed by atoms with Crippen molar-refractivity contribution < 1.29 is 0 Å². The summed E-state index contributed by atoms with van der Waals surface area (Å²) in [6.45, 7) is 0. The van der Waals surface area contributed by atoms with Gasteiger partial charge in [0.2, 0.25) is 0 Å². The van der Waals surface area contributed by atoms with Crippen molar-refractivity contribution in [1.29, 1.82) is 0 Å². The Labute approximate surface area is 94.7 Å². The van der Waals surface area contributed by atoms with E-state index in [-0.39, 0.29) is 5.69 Å². The summed E-state index contributed by atoms with van der Waals surface area (Å²) in [6.07, 6.45) is 0. The Kier molecular flexibility index (Phi) is 1.79. The third kappa shape index (κ3) is 1.15. The van der Waals surface area contributed by atoms with E-state index in [4.69, 9.17) is 11.6 Å². The molecular formula is C10H7ClN4O. The molecule has 1 N–H and O–H groups in total. The highest BCUT2D eigenvalue weighted by Gasteiger charge is 2.09. The van der Waals surface area contributed by atoms with Crippen molar-refractivity contribution in [2.45, 2.75) is 0 Å². The number of aromatic nitrogens is 4. The van der Waals surface area contributed by atoms with Crippen LogP contribution >= 0.6 is 11.6 Å². The van der Waals surface area contributed by atoms with Crippen molar-refractivity contribution in [2.24, 2.45) is 7.05 Å². The minimum Gasteiger partial charge on any atom is -0.303 e. The predicted molar refractivity (Wildman–Crippen MR) is 61.6 cm³/mol. The van der Waals surface area contributed by atoms with Crippen LogP contribution in [0.5, 0.6) is 0 Å². The summed E-state index contributed by atoms with van der Waals surface area (Å²) >= 11 is 5.92. The van der Waals surface area contributed by atoms with Crippen molar-refractivity contribution >= 4 is 33.7 Å². The summed E-state index contributed by atoms with van der Waals surface area (Å²) in [4.78, 5) is 14.2. The minimum atomic E-state index is -0.211. The molecule has 80 valence electrons. The smallest absolute Gasteiger partial charge is 0.303 e. The number of rotatable bonds is 0. The lowest BCUT2D eigenvalue weighted by atomic mass is 10.2. The molecule has 3 aromatic rings. The number of nitrogens with one attached hydrogen (secondary N) is 1. The summed E-state index contributed by atoms with van der Waals surface area (Å²) < 4.78 is 1.42. The van der Waals surface area contributed by atoms with Crippen molar-refractivity contribution in [3.63, 3.8) is 0 Å². The lowest BCUT2D eigenvalue weighted by Crippen LogP contribution is -2.12. The molecule has 0 atom stereocenters. The van der Waals surface area contributed by atoms with Gasteiger partial charge in [-0.1, -0.05) is 11.6 Å². The first kappa shape index (κ1) is 9.35. The molecule has 0 aliphatic carbocycles. The molecule has 5 nitrogen and oxygen atoms in total. The number of hydrogen-bond donors (Lipinski definition) is 1. The van der Waals surface area contributed by atoms with Gasteiger partial charge in [-0.25, -0.2) is 4.79 Å². The number of imidazole rings is 1. The maximum Gasteiger partial charge on any atom is 0.327 e. The first-order chi connectivity index (χ1) is 7.66. The Bertz CT molecular complexity index is 758. The zero-order chi connectivity index (χ0) is 11.3. The maximum absolute atomic E-state index is 11.5. The van der Waals surface area contributed by atoms with Gasteiger partial charge in [0.15, 0.2) is 5.65 Å². The lowest BCUT2D eigenvalue weighted by Gasteiger charge is -1.98. The Morgan fingerprint density at radius 3 is 3.00 bits per heavy atom. The fourth-order valence-corrected chi connectivity index (χ4v) is 1.88. The predicted octanol–water partition coefficient (Wildman–Crippen LogP) is 1.46. The molecule has 0 bridgehead atoms. The zero-order valence-electron chi connectivity index (χ0n) is 8.36. The number of H-pyrrole nitrogens is 1. The van der Waals surface area contributed by atoms with Crippen LogP contribution in [0.3, 0.4) is 0 Å². The maximum atomic E-state index is 11.5. The minimum absolute atomic E-state index is 0.211. The van der Waals surface area contributed by atoms with Crippen LogP contribution in [0.25, 0.3) is 22.1 Å². The molecule has 0 aliphatic rings. The van der Waals surface area contributed by atoms with E-state index in [1.165, 1.54) is 4.57 Å². The molecule has 0 unspecified atom stereocenters. The summed E-state index contributed by atoms with van der Waals surface area (Å²) in [5.74, 6) is 0. The van der Waals surface area contributed by atoms with Gasteiger partial charge in [-0.15, -0.1) is 10.2 Å². The van der Waals surface area contributed by atoms with E-state index in [1.807, 2.05) is 0 Å². The molecule has 0 radical (unpaired) electrons. The zero-order valence-corrected chi connectivity index (χ0v) is 9.12. The third-order valence-electron chi connectivity index (χ3n) is 2.56. The molecule has 0 saturated heterocycles. The number of aryl methyl sites for hydroxylation is 1. The molecule has 0 fully saturated rings. The molecule has 3 rings (SSSR count). The highest BCUT2D eigenvalue weighted by molar-refractivity contribution is 6.31. The summed E-state index contributed by atoms with van der Waals surface area (Å²) in [7, 11) is 1.65. The summed E-state index contributed by atoms with van der Waals surface area (Å²) in [5.41, 5.74) is 1.69. The largest absolute Gasteiger partial charge is 0.327 e. The Morgan fingerprint density at radius 1 is 1.38 bits per heavy atom. The molecule has 2 aromatic heterocycles. The third-order valence-corrected chi connectivity index (χ3v) is 2.79. The van der Waals surface area contributed by atoms with Crippen LogP contribution in [-0.4, -0.2) is 19.7 Å². The molecule has 0 aliphatic heterocycles. The van der Waals surface area contributed by atoms with Gasteiger partial charge in [0.25, 0.3) is 0 Å². The molecule has 0 amide bonds. The normalized spacial score (nSPS) is 11.4. The van der Waals surface area contributed by atoms with Gasteiger partial charge in [-0.2, -0.15) is 0 Å². The Morgan fingerprint density at radius 2 is 2.19 bits per heavy atom. The number of halogens is 1. The standard InChI is InChI=1S/C10H7ClN4O/c1-15-9-8(12-10(15)16)6-4-5(11)2-3-7(6)13-14-9/h2-4H,1H3,(H,12,16). The fraction of sp³-hybridized carbons (Fsp3) is 0.100. The van der Waals surface area contributed by atoms with Crippen LogP contribution in [0.15, 0.2) is 23.0 Å². The van der Waals surface area contributed by atoms with Crippen LogP contribution in [0.2, 0.25) is 5.02 Å². The van der Waals surface area contributed by atoms with Crippen LogP contribution in [0.1, 0.15) is 0 Å². The molecule has 6 heteroatoms. The number of hydrogen-bond acceptors (Lipinski definition) is 3. The number of benzene rings is 1. The van der Waals surface area contributed by atoms with Gasteiger partial charge in [0, 0.05) is 17.5 Å². The Hall–Kier alpha value is -1.88. The molecule has 1 aromatic carbocycles. The molecule has 16 heavy (non-hydrogen) atoms. The molecule has 2 heterocycles. The van der Waals surface area contributed by atoms with Crippen LogP contribution in [0, 0.1) is 0 Å². The number of fused-ring (bicyclic) bond motifs is 3. The first-order valence-corrected chi connectivity index (χ1v) is 5.05. The average Bonchev–Trinajstić information content (AvgIpc) is 2.56. The quantitative estimate of drug-likeness (QED) is 0.641. The van der Waals surface area contributed by atoms with E-state index in [0.717, 1.165) is 5.39 Å². The second-order valence-electron chi connectivity index (χ2n) is 3.55. The van der Waals surface area contributed by atoms with Crippen LogP contribution < -0.4 is 5.69 Å². The second-order valence-corrected chi connectivity index (χ2v) is 3.99. The topological polar surface area (TPSA) is 63.6 Å². The van der Waals surface area contributed by atoms with Gasteiger partial charge in [0.1, 0.15) is 0 Å². The van der Waals surface area contributed by atoms with Gasteiger partial charge in [-0.3, -0.25) is 4.57 Å². The van der Waals surface area contributed by atoms with Crippen molar-refractivity contribution in [1.82, 2.24) is 19.7 Å². The van der Waals surface area contributed by atoms with E-state index >= 15 is 0 Å². The van der Waals surface area contributed by atoms with E-state index < -0.39 is 0 Å². The van der Waals surface area contributed by atoms with Gasteiger partial charge in [0.05, 0.1) is 11.0 Å². The second kappa shape index (κ2) is 3.05. The molecule has 0 spiro atoms. The fourth-order valence-electron chi connectivity index (χ4n) is 1.71. The number of nitrogens with zero attached hydrogens (tertiary/aromatic N) is 3. The van der Waals surface area contributed by atoms with Crippen molar-refractivity contribution in [3.8, 4) is 0 Å². The SMILES string of the molecule is Cn1c(=O)[nH]c2c3cc(Cl)ccc3nnc21. The summed E-state index contributed by atoms with van der Waals surface area (Å²) in [6, 6.07) is 5.28. The van der Waals surface area contributed by atoms with Crippen LogP contribution in [-0.2, 0) is 7.05 Å². The highest BCUT2D eigenvalue weighted by atomic mass is 35.5. The Balaban J connectivity index is 2.62. The van der Waals surface area contributed by atoms with Crippen molar-refractivity contribution in [2.75, 3.05) is 0 Å². The first-order valence-electron chi connectivity index (χ1n) is 4.67. The average molecular weight is 235 g/mol. The van der Waals surface area contributed by atoms with Gasteiger partial charge >= 0.3 is 5.69 Å².